The standard InChI is InChI=1S/C15H21NO/c1-11-10-13(12(2)17)8-9-15(11)16-14-6-4-3-5-7-14/h8-10,14,16H,3-7H2,1-2H3. The van der Waals surface area contributed by atoms with Crippen LogP contribution in [-0.2, 0) is 0 Å². The first-order valence-corrected chi connectivity index (χ1v) is 6.55. The number of benzene rings is 1. The van der Waals surface area contributed by atoms with E-state index in [1.54, 1.807) is 6.92 Å². The van der Waals surface area contributed by atoms with E-state index in [0.29, 0.717) is 6.04 Å². The Bertz CT molecular complexity index is 405. The average Bonchev–Trinajstić information content (AvgIpc) is 2.33. The Morgan fingerprint density at radius 1 is 1.24 bits per heavy atom. The van der Waals surface area contributed by atoms with E-state index in [9.17, 15) is 4.79 Å². The van der Waals surface area contributed by atoms with Crippen LogP contribution in [0.5, 0.6) is 0 Å². The number of Topliss-reactive ketones (excluding diaryl/α,β-unsaturated/α-hetero) is 1. The van der Waals surface area contributed by atoms with Gasteiger partial charge < -0.3 is 5.32 Å². The second-order valence-electron chi connectivity index (χ2n) is 5.07. The zero-order valence-electron chi connectivity index (χ0n) is 10.8. The third-order valence-electron chi connectivity index (χ3n) is 3.60. The summed E-state index contributed by atoms with van der Waals surface area (Å²) >= 11 is 0. The van der Waals surface area contributed by atoms with Gasteiger partial charge in [-0.15, -0.1) is 0 Å². The number of nitrogens with one attached hydrogen (secondary N) is 1. The van der Waals surface area contributed by atoms with Gasteiger partial charge in [-0.25, -0.2) is 0 Å². The van der Waals surface area contributed by atoms with Gasteiger partial charge >= 0.3 is 0 Å². The Balaban J connectivity index is 2.08. The number of rotatable bonds is 3. The molecule has 1 N–H and O–H groups in total. The van der Waals surface area contributed by atoms with Gasteiger partial charge in [0.1, 0.15) is 0 Å². The number of carbonyl (C=O) groups is 1. The molecule has 0 bridgehead atoms. The second-order valence-corrected chi connectivity index (χ2v) is 5.07. The molecule has 0 unspecified atom stereocenters. The fourth-order valence-electron chi connectivity index (χ4n) is 2.51. The molecule has 0 amide bonds. The van der Waals surface area contributed by atoms with Crippen LogP contribution < -0.4 is 5.32 Å². The highest BCUT2D eigenvalue weighted by Crippen LogP contribution is 2.24. The van der Waals surface area contributed by atoms with Gasteiger partial charge in [0.05, 0.1) is 0 Å². The van der Waals surface area contributed by atoms with Gasteiger partial charge in [-0.2, -0.15) is 0 Å². The zero-order valence-corrected chi connectivity index (χ0v) is 10.8. The van der Waals surface area contributed by atoms with E-state index in [1.807, 2.05) is 18.2 Å². The van der Waals surface area contributed by atoms with Gasteiger partial charge in [-0.3, -0.25) is 4.79 Å². The fourth-order valence-corrected chi connectivity index (χ4v) is 2.51. The van der Waals surface area contributed by atoms with E-state index in [2.05, 4.69) is 12.2 Å². The van der Waals surface area contributed by atoms with Crippen molar-refractivity contribution in [2.24, 2.45) is 0 Å². The predicted octanol–water partition coefficient (Wildman–Crippen LogP) is 3.94. The van der Waals surface area contributed by atoms with Crippen LogP contribution in [0.4, 0.5) is 5.69 Å². The van der Waals surface area contributed by atoms with E-state index in [0.717, 1.165) is 5.56 Å². The van der Waals surface area contributed by atoms with Crippen molar-refractivity contribution in [3.8, 4) is 0 Å². The Morgan fingerprint density at radius 2 is 1.94 bits per heavy atom. The van der Waals surface area contributed by atoms with Crippen LogP contribution in [0.2, 0.25) is 0 Å². The minimum atomic E-state index is 0.136. The number of hydrogen-bond acceptors (Lipinski definition) is 2. The Morgan fingerprint density at radius 3 is 2.53 bits per heavy atom. The molecule has 0 aliphatic heterocycles. The van der Waals surface area contributed by atoms with Gasteiger partial charge in [0, 0.05) is 17.3 Å². The van der Waals surface area contributed by atoms with Gasteiger partial charge in [0.25, 0.3) is 0 Å². The number of aryl methyl sites for hydroxylation is 1. The molecule has 1 aliphatic rings. The molecule has 2 heteroatoms. The highest BCUT2D eigenvalue weighted by Gasteiger charge is 2.14. The molecule has 2 rings (SSSR count). The molecule has 0 aromatic heterocycles. The first-order chi connectivity index (χ1) is 8.16. The molecule has 1 saturated carbocycles. The summed E-state index contributed by atoms with van der Waals surface area (Å²) in [6.45, 7) is 3.68. The van der Waals surface area contributed by atoms with Gasteiger partial charge in [-0.05, 0) is 50.5 Å². The quantitative estimate of drug-likeness (QED) is 0.798. The van der Waals surface area contributed by atoms with E-state index in [-0.39, 0.29) is 5.78 Å². The van der Waals surface area contributed by atoms with E-state index in [1.165, 1.54) is 43.4 Å². The SMILES string of the molecule is CC(=O)c1ccc(NC2CCCCC2)c(C)c1. The maximum Gasteiger partial charge on any atom is 0.159 e. The van der Waals surface area contributed by atoms with Crippen LogP contribution in [-0.4, -0.2) is 11.8 Å². The number of hydrogen-bond donors (Lipinski definition) is 1. The molecule has 2 nitrogen and oxygen atoms in total. The summed E-state index contributed by atoms with van der Waals surface area (Å²) in [6.07, 6.45) is 6.59. The number of ketones is 1. The number of anilines is 1. The summed E-state index contributed by atoms with van der Waals surface area (Å²) in [5.74, 6) is 0.136. The highest BCUT2D eigenvalue weighted by atomic mass is 16.1. The van der Waals surface area contributed by atoms with Crippen molar-refractivity contribution in [2.75, 3.05) is 5.32 Å². The molecule has 0 radical (unpaired) electrons. The van der Waals surface area contributed by atoms with Crippen LogP contribution in [0.3, 0.4) is 0 Å². The van der Waals surface area contributed by atoms with Crippen molar-refractivity contribution in [1.29, 1.82) is 0 Å². The van der Waals surface area contributed by atoms with Crippen molar-refractivity contribution in [3.05, 3.63) is 29.3 Å². The average molecular weight is 231 g/mol. The lowest BCUT2D eigenvalue weighted by Gasteiger charge is -2.24. The van der Waals surface area contributed by atoms with Gasteiger partial charge in [0.15, 0.2) is 5.78 Å². The zero-order chi connectivity index (χ0) is 12.3. The molecule has 17 heavy (non-hydrogen) atoms. The Labute approximate surface area is 103 Å². The summed E-state index contributed by atoms with van der Waals surface area (Å²) in [5.41, 5.74) is 3.15. The van der Waals surface area contributed by atoms with Crippen LogP contribution in [0.1, 0.15) is 54.9 Å². The molecule has 0 spiro atoms. The molecule has 1 aromatic carbocycles. The second kappa shape index (κ2) is 5.35. The minimum absolute atomic E-state index is 0.136. The van der Waals surface area contributed by atoms with Crippen LogP contribution in [0.25, 0.3) is 0 Å². The van der Waals surface area contributed by atoms with Crippen molar-refractivity contribution in [1.82, 2.24) is 0 Å². The maximum absolute atomic E-state index is 11.3. The summed E-state index contributed by atoms with van der Waals surface area (Å²) < 4.78 is 0. The summed E-state index contributed by atoms with van der Waals surface area (Å²) in [5, 5.41) is 3.60. The van der Waals surface area contributed by atoms with Crippen molar-refractivity contribution < 1.29 is 4.79 Å². The van der Waals surface area contributed by atoms with E-state index in [4.69, 9.17) is 0 Å². The van der Waals surface area contributed by atoms with Gasteiger partial charge in [0.2, 0.25) is 0 Å². The first kappa shape index (κ1) is 12.2. The third kappa shape index (κ3) is 3.09. The lowest BCUT2D eigenvalue weighted by atomic mass is 9.95. The fraction of sp³-hybridized carbons (Fsp3) is 0.533. The highest BCUT2D eigenvalue weighted by molar-refractivity contribution is 5.94. The largest absolute Gasteiger partial charge is 0.382 e. The molecule has 1 fully saturated rings. The molecular formula is C15H21NO. The van der Waals surface area contributed by atoms with Crippen molar-refractivity contribution in [2.45, 2.75) is 52.0 Å². The van der Waals surface area contributed by atoms with Crippen LogP contribution in [0, 0.1) is 6.92 Å². The van der Waals surface area contributed by atoms with Crippen molar-refractivity contribution >= 4 is 11.5 Å². The van der Waals surface area contributed by atoms with E-state index < -0.39 is 0 Å². The summed E-state index contributed by atoms with van der Waals surface area (Å²) in [7, 11) is 0. The molecule has 92 valence electrons. The molecular weight excluding hydrogens is 210 g/mol. The topological polar surface area (TPSA) is 29.1 Å². The molecule has 0 saturated heterocycles. The number of carbonyl (C=O) groups excluding carboxylic acids is 1. The van der Waals surface area contributed by atoms with E-state index >= 15 is 0 Å². The minimum Gasteiger partial charge on any atom is -0.382 e. The lowest BCUT2D eigenvalue weighted by molar-refractivity contribution is 0.101. The Hall–Kier alpha value is -1.31. The normalized spacial score (nSPS) is 16.8. The molecule has 1 aromatic rings. The van der Waals surface area contributed by atoms with Gasteiger partial charge in [-0.1, -0.05) is 19.3 Å². The Kier molecular flexibility index (Phi) is 3.82. The lowest BCUT2D eigenvalue weighted by Crippen LogP contribution is -2.22. The molecule has 0 atom stereocenters. The first-order valence-electron chi connectivity index (χ1n) is 6.55. The summed E-state index contributed by atoms with van der Waals surface area (Å²) in [4.78, 5) is 11.3. The molecule has 0 heterocycles. The van der Waals surface area contributed by atoms with Crippen LogP contribution in [0.15, 0.2) is 18.2 Å². The predicted molar refractivity (Wildman–Crippen MR) is 71.7 cm³/mol. The monoisotopic (exact) mass is 231 g/mol. The van der Waals surface area contributed by atoms with Crippen LogP contribution >= 0.6 is 0 Å². The molecule has 1 aliphatic carbocycles. The third-order valence-corrected chi connectivity index (χ3v) is 3.60. The van der Waals surface area contributed by atoms with Crippen molar-refractivity contribution in [3.63, 3.8) is 0 Å². The summed E-state index contributed by atoms with van der Waals surface area (Å²) in [6, 6.07) is 6.56. The smallest absolute Gasteiger partial charge is 0.159 e. The maximum atomic E-state index is 11.3.